The van der Waals surface area contributed by atoms with E-state index in [1.165, 1.54) is 24.8 Å². The smallest absolute Gasteiger partial charge is 0.251 e. The van der Waals surface area contributed by atoms with Crippen molar-refractivity contribution in [3.8, 4) is 0 Å². The molecule has 2 nitrogen and oxygen atoms in total. The molecule has 0 aromatic heterocycles. The zero-order valence-electron chi connectivity index (χ0n) is 13.3. The highest BCUT2D eigenvalue weighted by Gasteiger charge is 2.32. The van der Waals surface area contributed by atoms with Crippen molar-refractivity contribution in [2.75, 3.05) is 5.33 Å². The molecule has 0 unspecified atom stereocenters. The Morgan fingerprint density at radius 2 is 1.71 bits per heavy atom. The van der Waals surface area contributed by atoms with Crippen LogP contribution < -0.4 is 5.32 Å². The molecule has 1 aliphatic carbocycles. The second-order valence-electron chi connectivity index (χ2n) is 7.26. The van der Waals surface area contributed by atoms with Crippen LogP contribution in [-0.4, -0.2) is 16.8 Å². The Labute approximate surface area is 136 Å². The number of hydrogen-bond donors (Lipinski definition) is 1. The van der Waals surface area contributed by atoms with Crippen molar-refractivity contribution >= 4 is 21.8 Å². The molecule has 1 amide bonds. The van der Waals surface area contributed by atoms with Crippen molar-refractivity contribution in [1.82, 2.24) is 5.32 Å². The molecule has 3 heteroatoms. The Morgan fingerprint density at radius 1 is 1.14 bits per heavy atom. The van der Waals surface area contributed by atoms with Gasteiger partial charge in [-0.3, -0.25) is 4.79 Å². The molecule has 1 aromatic carbocycles. The van der Waals surface area contributed by atoms with Crippen LogP contribution in [0, 0.1) is 0 Å². The van der Waals surface area contributed by atoms with E-state index in [9.17, 15) is 4.79 Å². The average Bonchev–Trinajstić information content (AvgIpc) is 2.47. The summed E-state index contributed by atoms with van der Waals surface area (Å²) in [6, 6.07) is 8.02. The predicted molar refractivity (Wildman–Crippen MR) is 92.2 cm³/mol. The number of alkyl halides is 1. The lowest BCUT2D eigenvalue weighted by molar-refractivity contribution is 0.0886. The van der Waals surface area contributed by atoms with Crippen LogP contribution in [0.25, 0.3) is 0 Å². The zero-order chi connectivity index (χ0) is 15.5. The van der Waals surface area contributed by atoms with Gasteiger partial charge >= 0.3 is 0 Å². The lowest BCUT2D eigenvalue weighted by Crippen LogP contribution is -2.51. The first-order chi connectivity index (χ1) is 9.86. The Balaban J connectivity index is 2.09. The molecule has 0 atom stereocenters. The van der Waals surface area contributed by atoms with E-state index in [1.54, 1.807) is 0 Å². The third-order valence-electron chi connectivity index (χ3n) is 4.46. The summed E-state index contributed by atoms with van der Waals surface area (Å²) in [5, 5.41) is 4.11. The summed E-state index contributed by atoms with van der Waals surface area (Å²) in [5.74, 6) is 0.0526. The van der Waals surface area contributed by atoms with Crippen LogP contribution in [0.5, 0.6) is 0 Å². The quantitative estimate of drug-likeness (QED) is 0.777. The molecule has 0 spiro atoms. The van der Waals surface area contributed by atoms with Crippen molar-refractivity contribution in [2.24, 2.45) is 0 Å². The minimum atomic E-state index is -0.0575. The van der Waals surface area contributed by atoms with E-state index in [2.05, 4.69) is 54.2 Å². The molecule has 0 aliphatic heterocycles. The molecule has 1 saturated carbocycles. The van der Waals surface area contributed by atoms with Crippen molar-refractivity contribution < 1.29 is 4.79 Å². The first-order valence-corrected chi connectivity index (χ1v) is 8.97. The maximum atomic E-state index is 12.5. The molecule has 1 N–H and O–H groups in total. The largest absolute Gasteiger partial charge is 0.346 e. The number of halogens is 1. The SMILES string of the molecule is CC(C)(C)c1ccc(C(=O)NC2(CBr)CCCCC2)cc1. The Hall–Kier alpha value is -0.830. The normalized spacial score (nSPS) is 18.3. The molecule has 0 saturated heterocycles. The first-order valence-electron chi connectivity index (χ1n) is 7.85. The van der Waals surface area contributed by atoms with Gasteiger partial charge in [-0.1, -0.05) is 68.1 Å². The van der Waals surface area contributed by atoms with Crippen molar-refractivity contribution in [2.45, 2.75) is 63.8 Å². The Bertz CT molecular complexity index is 481. The summed E-state index contributed by atoms with van der Waals surface area (Å²) in [6.07, 6.45) is 5.84. The highest BCUT2D eigenvalue weighted by atomic mass is 79.9. The number of carbonyl (C=O) groups excluding carboxylic acids is 1. The van der Waals surface area contributed by atoms with Gasteiger partial charge in [-0.25, -0.2) is 0 Å². The van der Waals surface area contributed by atoms with E-state index >= 15 is 0 Å². The monoisotopic (exact) mass is 351 g/mol. The fourth-order valence-corrected chi connectivity index (χ4v) is 3.66. The van der Waals surface area contributed by atoms with E-state index in [0.717, 1.165) is 23.7 Å². The van der Waals surface area contributed by atoms with Crippen LogP contribution in [-0.2, 0) is 5.41 Å². The summed E-state index contributed by atoms with van der Waals surface area (Å²) in [5.41, 5.74) is 2.08. The molecule has 1 fully saturated rings. The van der Waals surface area contributed by atoms with Crippen LogP contribution >= 0.6 is 15.9 Å². The first kappa shape index (κ1) is 16.5. The third kappa shape index (κ3) is 4.09. The van der Waals surface area contributed by atoms with Crippen molar-refractivity contribution in [3.63, 3.8) is 0 Å². The standard InChI is InChI=1S/C18H26BrNO/c1-17(2,3)15-9-7-14(8-10-15)16(21)20-18(13-19)11-5-4-6-12-18/h7-10H,4-6,11-13H2,1-3H3,(H,20,21). The fraction of sp³-hybridized carbons (Fsp3) is 0.611. The summed E-state index contributed by atoms with van der Waals surface area (Å²) in [7, 11) is 0. The van der Waals surface area contributed by atoms with E-state index in [-0.39, 0.29) is 16.9 Å². The molecule has 0 bridgehead atoms. The zero-order valence-corrected chi connectivity index (χ0v) is 14.9. The van der Waals surface area contributed by atoms with Gasteiger partial charge in [0, 0.05) is 10.9 Å². The number of hydrogen-bond acceptors (Lipinski definition) is 1. The second kappa shape index (κ2) is 6.51. The van der Waals surface area contributed by atoms with Crippen LogP contribution in [0.1, 0.15) is 68.8 Å². The van der Waals surface area contributed by atoms with Gasteiger partial charge in [0.25, 0.3) is 5.91 Å². The molecule has 116 valence electrons. The molecule has 21 heavy (non-hydrogen) atoms. The lowest BCUT2D eigenvalue weighted by atomic mass is 9.83. The van der Waals surface area contributed by atoms with Crippen LogP contribution in [0.15, 0.2) is 24.3 Å². The van der Waals surface area contributed by atoms with Gasteiger partial charge < -0.3 is 5.32 Å². The Kier molecular flexibility index (Phi) is 5.13. The lowest BCUT2D eigenvalue weighted by Gasteiger charge is -2.36. The summed E-state index contributed by atoms with van der Waals surface area (Å²) in [6.45, 7) is 6.55. The second-order valence-corrected chi connectivity index (χ2v) is 7.82. The van der Waals surface area contributed by atoms with Gasteiger partial charge in [0.1, 0.15) is 0 Å². The molecular formula is C18H26BrNO. The number of rotatable bonds is 3. The molecule has 0 radical (unpaired) electrons. The molecule has 2 rings (SSSR count). The highest BCUT2D eigenvalue weighted by molar-refractivity contribution is 9.09. The van der Waals surface area contributed by atoms with Gasteiger partial charge in [-0.15, -0.1) is 0 Å². The van der Waals surface area contributed by atoms with Crippen LogP contribution in [0.4, 0.5) is 0 Å². The van der Waals surface area contributed by atoms with E-state index < -0.39 is 0 Å². The maximum Gasteiger partial charge on any atom is 0.251 e. The molecular weight excluding hydrogens is 326 g/mol. The number of nitrogens with one attached hydrogen (secondary N) is 1. The van der Waals surface area contributed by atoms with Crippen LogP contribution in [0.2, 0.25) is 0 Å². The minimum Gasteiger partial charge on any atom is -0.346 e. The Morgan fingerprint density at radius 3 is 2.19 bits per heavy atom. The molecule has 1 aromatic rings. The summed E-state index contributed by atoms with van der Waals surface area (Å²) >= 11 is 3.59. The third-order valence-corrected chi connectivity index (χ3v) is 5.53. The number of benzene rings is 1. The predicted octanol–water partition coefficient (Wildman–Crippen LogP) is 4.81. The van der Waals surface area contributed by atoms with E-state index in [0.29, 0.717) is 0 Å². The van der Waals surface area contributed by atoms with Gasteiger partial charge in [0.15, 0.2) is 0 Å². The topological polar surface area (TPSA) is 29.1 Å². The fourth-order valence-electron chi connectivity index (χ4n) is 2.96. The van der Waals surface area contributed by atoms with Gasteiger partial charge in [-0.2, -0.15) is 0 Å². The molecule has 0 heterocycles. The van der Waals surface area contributed by atoms with Crippen LogP contribution in [0.3, 0.4) is 0 Å². The van der Waals surface area contributed by atoms with E-state index in [1.807, 2.05) is 12.1 Å². The van der Waals surface area contributed by atoms with Gasteiger partial charge in [-0.05, 0) is 36.0 Å². The average molecular weight is 352 g/mol. The molecule has 1 aliphatic rings. The number of carbonyl (C=O) groups is 1. The maximum absolute atomic E-state index is 12.5. The summed E-state index contributed by atoms with van der Waals surface area (Å²) in [4.78, 5) is 12.5. The van der Waals surface area contributed by atoms with Crippen molar-refractivity contribution in [1.29, 1.82) is 0 Å². The van der Waals surface area contributed by atoms with Gasteiger partial charge in [0.2, 0.25) is 0 Å². The number of amides is 1. The summed E-state index contributed by atoms with van der Waals surface area (Å²) < 4.78 is 0. The minimum absolute atomic E-state index is 0.0526. The van der Waals surface area contributed by atoms with E-state index in [4.69, 9.17) is 0 Å². The highest BCUT2D eigenvalue weighted by Crippen LogP contribution is 2.30. The van der Waals surface area contributed by atoms with Gasteiger partial charge in [0.05, 0.1) is 5.54 Å². The van der Waals surface area contributed by atoms with Crippen molar-refractivity contribution in [3.05, 3.63) is 35.4 Å².